The molecule has 0 aliphatic carbocycles. The van der Waals surface area contributed by atoms with Crippen molar-refractivity contribution in [2.75, 3.05) is 14.2 Å². The Morgan fingerprint density at radius 3 is 2.34 bits per heavy atom. The summed E-state index contributed by atoms with van der Waals surface area (Å²) >= 11 is 0. The van der Waals surface area contributed by atoms with Gasteiger partial charge >= 0.3 is 0 Å². The second-order valence-corrected chi connectivity index (χ2v) is 7.79. The minimum Gasteiger partial charge on any atom is -0.493 e. The zero-order valence-electron chi connectivity index (χ0n) is 18.6. The second kappa shape index (κ2) is 9.66. The molecule has 0 saturated heterocycles. The van der Waals surface area contributed by atoms with E-state index in [-0.39, 0.29) is 5.56 Å². The number of hydrogen-bond acceptors (Lipinski definition) is 5. The minimum absolute atomic E-state index is 0.0699. The van der Waals surface area contributed by atoms with Crippen LogP contribution in [0.2, 0.25) is 0 Å². The molecule has 0 unspecified atom stereocenters. The molecule has 2 heterocycles. The van der Waals surface area contributed by atoms with Gasteiger partial charge in [0.05, 0.1) is 19.9 Å². The van der Waals surface area contributed by atoms with E-state index in [0.29, 0.717) is 30.2 Å². The van der Waals surface area contributed by atoms with Gasteiger partial charge < -0.3 is 9.47 Å². The van der Waals surface area contributed by atoms with E-state index in [0.717, 1.165) is 23.4 Å². The molecule has 6 nitrogen and oxygen atoms in total. The highest BCUT2D eigenvalue weighted by Gasteiger charge is 2.13. The first kappa shape index (κ1) is 21.6. The van der Waals surface area contributed by atoms with Gasteiger partial charge in [-0.2, -0.15) is 0 Å². The predicted molar refractivity (Wildman–Crippen MR) is 125 cm³/mol. The zero-order chi connectivity index (χ0) is 22.5. The average molecular weight is 430 g/mol. The Balaban J connectivity index is 1.66. The van der Waals surface area contributed by atoms with Crippen LogP contribution in [0.15, 0.2) is 77.7 Å². The molecular formula is C26H27N3O3. The third-order valence-electron chi connectivity index (χ3n) is 5.43. The van der Waals surface area contributed by atoms with Gasteiger partial charge in [0.2, 0.25) is 0 Å². The van der Waals surface area contributed by atoms with Crippen molar-refractivity contribution in [3.05, 3.63) is 106 Å². The number of ether oxygens (including phenoxy) is 2. The van der Waals surface area contributed by atoms with Crippen molar-refractivity contribution >= 4 is 5.65 Å². The molecule has 0 amide bonds. The fourth-order valence-corrected chi connectivity index (χ4v) is 3.87. The highest BCUT2D eigenvalue weighted by atomic mass is 16.5. The van der Waals surface area contributed by atoms with Crippen LogP contribution in [-0.4, -0.2) is 28.5 Å². The fourth-order valence-electron chi connectivity index (χ4n) is 3.87. The SMILES string of the molecule is COc1ccc(CN(Cc2ccccc2)Cc2cc(=O)n3cccc(C)c3n2)cc1OC. The summed E-state index contributed by atoms with van der Waals surface area (Å²) in [5.74, 6) is 1.40. The van der Waals surface area contributed by atoms with Crippen LogP contribution in [0.3, 0.4) is 0 Å². The number of nitrogens with zero attached hydrogens (tertiary/aromatic N) is 3. The molecule has 0 radical (unpaired) electrons. The molecule has 164 valence electrons. The third kappa shape index (κ3) is 4.81. The summed E-state index contributed by atoms with van der Waals surface area (Å²) in [7, 11) is 3.27. The number of benzene rings is 2. The maximum Gasteiger partial charge on any atom is 0.258 e. The summed E-state index contributed by atoms with van der Waals surface area (Å²) in [6.07, 6.45) is 1.76. The quantitative estimate of drug-likeness (QED) is 0.420. The van der Waals surface area contributed by atoms with Crippen molar-refractivity contribution < 1.29 is 9.47 Å². The van der Waals surface area contributed by atoms with Crippen molar-refractivity contribution in [3.63, 3.8) is 0 Å². The van der Waals surface area contributed by atoms with E-state index in [2.05, 4.69) is 17.0 Å². The first-order chi connectivity index (χ1) is 15.6. The summed E-state index contributed by atoms with van der Waals surface area (Å²) in [6.45, 7) is 3.91. The van der Waals surface area contributed by atoms with E-state index in [1.54, 1.807) is 30.9 Å². The van der Waals surface area contributed by atoms with E-state index < -0.39 is 0 Å². The molecule has 0 aliphatic rings. The van der Waals surface area contributed by atoms with Crippen LogP contribution in [0, 0.1) is 6.92 Å². The molecule has 0 N–H and O–H groups in total. The smallest absolute Gasteiger partial charge is 0.258 e. The summed E-state index contributed by atoms with van der Waals surface area (Å²) in [5, 5.41) is 0. The number of rotatable bonds is 8. The maximum atomic E-state index is 12.7. The van der Waals surface area contributed by atoms with Crippen LogP contribution in [0.5, 0.6) is 11.5 Å². The van der Waals surface area contributed by atoms with Crippen molar-refractivity contribution in [3.8, 4) is 11.5 Å². The molecule has 2 aromatic heterocycles. The normalized spacial score (nSPS) is 11.1. The molecule has 6 heteroatoms. The topological polar surface area (TPSA) is 56.1 Å². The molecular weight excluding hydrogens is 402 g/mol. The first-order valence-corrected chi connectivity index (χ1v) is 10.5. The molecule has 4 rings (SSSR count). The van der Waals surface area contributed by atoms with E-state index in [1.807, 2.05) is 55.5 Å². The molecule has 0 fully saturated rings. The number of methoxy groups -OCH3 is 2. The largest absolute Gasteiger partial charge is 0.493 e. The van der Waals surface area contributed by atoms with Crippen LogP contribution in [0.25, 0.3) is 5.65 Å². The van der Waals surface area contributed by atoms with Crippen molar-refractivity contribution in [1.82, 2.24) is 14.3 Å². The molecule has 2 aromatic carbocycles. The molecule has 32 heavy (non-hydrogen) atoms. The summed E-state index contributed by atoms with van der Waals surface area (Å²) in [6, 6.07) is 21.7. The minimum atomic E-state index is -0.0699. The van der Waals surface area contributed by atoms with Gasteiger partial charge in [-0.25, -0.2) is 4.98 Å². The van der Waals surface area contributed by atoms with E-state index in [1.165, 1.54) is 5.56 Å². The highest BCUT2D eigenvalue weighted by molar-refractivity contribution is 5.47. The Morgan fingerprint density at radius 2 is 1.59 bits per heavy atom. The van der Waals surface area contributed by atoms with Gasteiger partial charge in [-0.15, -0.1) is 0 Å². The van der Waals surface area contributed by atoms with Crippen LogP contribution in [0.4, 0.5) is 0 Å². The lowest BCUT2D eigenvalue weighted by molar-refractivity contribution is 0.244. The Hall–Kier alpha value is -3.64. The van der Waals surface area contributed by atoms with Gasteiger partial charge in [0.15, 0.2) is 11.5 Å². The van der Waals surface area contributed by atoms with Crippen LogP contribution >= 0.6 is 0 Å². The van der Waals surface area contributed by atoms with Gasteiger partial charge in [0.1, 0.15) is 5.65 Å². The van der Waals surface area contributed by atoms with Crippen LogP contribution in [0.1, 0.15) is 22.4 Å². The van der Waals surface area contributed by atoms with Gasteiger partial charge in [0, 0.05) is 31.9 Å². The number of hydrogen-bond donors (Lipinski definition) is 0. The molecule has 0 atom stereocenters. The van der Waals surface area contributed by atoms with Crippen LogP contribution < -0.4 is 15.0 Å². The van der Waals surface area contributed by atoms with Crippen molar-refractivity contribution in [2.24, 2.45) is 0 Å². The number of aryl methyl sites for hydroxylation is 1. The summed E-state index contributed by atoms with van der Waals surface area (Å²) < 4.78 is 12.4. The predicted octanol–water partition coefficient (Wildman–Crippen LogP) is 4.22. The molecule has 0 bridgehead atoms. The van der Waals surface area contributed by atoms with E-state index in [4.69, 9.17) is 14.5 Å². The van der Waals surface area contributed by atoms with Gasteiger partial charge in [-0.3, -0.25) is 14.1 Å². The fraction of sp³-hybridized carbons (Fsp3) is 0.231. The first-order valence-electron chi connectivity index (χ1n) is 10.5. The summed E-state index contributed by atoms with van der Waals surface area (Å²) in [4.78, 5) is 19.7. The van der Waals surface area contributed by atoms with E-state index in [9.17, 15) is 4.79 Å². The average Bonchev–Trinajstić information content (AvgIpc) is 2.80. The lowest BCUT2D eigenvalue weighted by Gasteiger charge is -2.23. The Bertz CT molecular complexity index is 1270. The summed E-state index contributed by atoms with van der Waals surface area (Å²) in [5.41, 5.74) is 4.64. The van der Waals surface area contributed by atoms with Crippen LogP contribution in [-0.2, 0) is 19.6 Å². The standard InChI is InChI=1S/C26H27N3O3/c1-19-8-7-13-29-25(30)15-22(27-26(19)29)18-28(16-20-9-5-4-6-10-20)17-21-11-12-23(31-2)24(14-21)32-3/h4-15H,16-18H2,1-3H3. The van der Waals surface area contributed by atoms with Crippen molar-refractivity contribution in [1.29, 1.82) is 0 Å². The van der Waals surface area contributed by atoms with Gasteiger partial charge in [-0.1, -0.05) is 42.5 Å². The maximum absolute atomic E-state index is 12.7. The molecule has 4 aromatic rings. The Kier molecular flexibility index (Phi) is 6.52. The Morgan fingerprint density at radius 1 is 0.844 bits per heavy atom. The second-order valence-electron chi connectivity index (χ2n) is 7.79. The monoisotopic (exact) mass is 429 g/mol. The zero-order valence-corrected chi connectivity index (χ0v) is 18.6. The lowest BCUT2D eigenvalue weighted by atomic mass is 10.1. The molecule has 0 spiro atoms. The lowest BCUT2D eigenvalue weighted by Crippen LogP contribution is -2.25. The highest BCUT2D eigenvalue weighted by Crippen LogP contribution is 2.28. The number of aromatic nitrogens is 2. The molecule has 0 saturated carbocycles. The third-order valence-corrected chi connectivity index (χ3v) is 5.43. The van der Waals surface area contributed by atoms with E-state index >= 15 is 0 Å². The molecule has 0 aliphatic heterocycles. The number of fused-ring (bicyclic) bond motifs is 1. The van der Waals surface area contributed by atoms with Gasteiger partial charge in [0.25, 0.3) is 5.56 Å². The van der Waals surface area contributed by atoms with Gasteiger partial charge in [-0.05, 0) is 41.8 Å². The Labute approximate surface area is 187 Å². The van der Waals surface area contributed by atoms with Crippen molar-refractivity contribution in [2.45, 2.75) is 26.6 Å². The number of pyridine rings is 1.